The molecule has 2 aliphatic carbocycles. The summed E-state index contributed by atoms with van der Waals surface area (Å²) in [5.41, 5.74) is 2.20. The topological polar surface area (TPSA) is 141 Å². The number of fused-ring (bicyclic) bond motifs is 1. The first-order valence-corrected chi connectivity index (χ1v) is 15.9. The van der Waals surface area contributed by atoms with Crippen molar-refractivity contribution in [2.45, 2.75) is 77.4 Å². The van der Waals surface area contributed by atoms with Gasteiger partial charge in [-0.15, -0.1) is 0 Å². The van der Waals surface area contributed by atoms with E-state index in [1.807, 2.05) is 24.3 Å². The third kappa shape index (κ3) is 6.28. The second-order valence-electron chi connectivity index (χ2n) is 12.5. The van der Waals surface area contributed by atoms with E-state index in [0.717, 1.165) is 55.2 Å². The highest BCUT2D eigenvalue weighted by Crippen LogP contribution is 2.39. The number of rotatable bonds is 8. The molecule has 0 spiro atoms. The molecule has 3 aliphatic rings. The third-order valence-corrected chi connectivity index (χ3v) is 9.83. The van der Waals surface area contributed by atoms with Gasteiger partial charge in [-0.2, -0.15) is 4.98 Å². The highest BCUT2D eigenvalue weighted by Gasteiger charge is 2.34. The zero-order valence-corrected chi connectivity index (χ0v) is 25.6. The Morgan fingerprint density at radius 1 is 1.16 bits per heavy atom. The Morgan fingerprint density at radius 3 is 2.63 bits per heavy atom. The molecular formula is C31H41ClN8O3. The highest BCUT2D eigenvalue weighted by molar-refractivity contribution is 6.31. The molecule has 1 unspecified atom stereocenters. The molecular weight excluding hydrogens is 568 g/mol. The Balaban J connectivity index is 1.50. The van der Waals surface area contributed by atoms with E-state index in [-0.39, 0.29) is 23.7 Å². The molecule has 6 rings (SSSR count). The highest BCUT2D eigenvalue weighted by atomic mass is 35.5. The van der Waals surface area contributed by atoms with Crippen molar-refractivity contribution >= 4 is 46.5 Å². The quantitative estimate of drug-likeness (QED) is 0.178. The second kappa shape index (κ2) is 12.7. The molecule has 2 aromatic heterocycles. The Hall–Kier alpha value is -3.44. The first-order valence-electron chi connectivity index (χ1n) is 15.5. The van der Waals surface area contributed by atoms with E-state index in [4.69, 9.17) is 31.7 Å². The summed E-state index contributed by atoms with van der Waals surface area (Å²) in [6.45, 7) is 6.91. The Morgan fingerprint density at radius 2 is 1.93 bits per heavy atom. The minimum Gasteiger partial charge on any atom is -0.465 e. The van der Waals surface area contributed by atoms with Gasteiger partial charge in [-0.05, 0) is 62.0 Å². The van der Waals surface area contributed by atoms with Gasteiger partial charge in [0.25, 0.3) is 0 Å². The van der Waals surface area contributed by atoms with Gasteiger partial charge in [0, 0.05) is 24.2 Å². The van der Waals surface area contributed by atoms with Crippen LogP contribution in [0.1, 0.15) is 76.2 Å². The number of nitrogens with one attached hydrogen (secondary N) is 3. The molecule has 11 nitrogen and oxygen atoms in total. The minimum absolute atomic E-state index is 0.00877. The molecule has 1 aliphatic heterocycles. The molecule has 1 amide bonds. The lowest BCUT2D eigenvalue weighted by Crippen LogP contribution is -2.41. The molecule has 2 atom stereocenters. The number of carbonyl (C=O) groups is 1. The van der Waals surface area contributed by atoms with Crippen molar-refractivity contribution in [2.24, 2.45) is 17.8 Å². The van der Waals surface area contributed by atoms with Crippen molar-refractivity contribution in [2.75, 3.05) is 30.0 Å². The fourth-order valence-corrected chi connectivity index (χ4v) is 6.94. The molecule has 0 bridgehead atoms. The van der Waals surface area contributed by atoms with Crippen molar-refractivity contribution in [3.05, 3.63) is 40.7 Å². The lowest BCUT2D eigenvalue weighted by Gasteiger charge is -2.38. The normalized spacial score (nSPS) is 23.5. The maximum atomic E-state index is 11.4. The van der Waals surface area contributed by atoms with Gasteiger partial charge in [0.15, 0.2) is 23.1 Å². The molecule has 43 heavy (non-hydrogen) atoms. The lowest BCUT2D eigenvalue weighted by molar-refractivity contribution is 0.0927. The van der Waals surface area contributed by atoms with Crippen molar-refractivity contribution in [3.63, 3.8) is 0 Å². The van der Waals surface area contributed by atoms with Gasteiger partial charge in [-0.3, -0.25) is 10.7 Å². The van der Waals surface area contributed by atoms with E-state index in [1.54, 1.807) is 0 Å². The first kappa shape index (κ1) is 29.6. The predicted molar refractivity (Wildman–Crippen MR) is 167 cm³/mol. The average Bonchev–Trinajstić information content (AvgIpc) is 3.31. The van der Waals surface area contributed by atoms with Gasteiger partial charge in [-0.1, -0.05) is 56.0 Å². The van der Waals surface area contributed by atoms with Gasteiger partial charge < -0.3 is 24.6 Å². The van der Waals surface area contributed by atoms with Crippen LogP contribution in [0.2, 0.25) is 5.02 Å². The Labute approximate surface area is 256 Å². The summed E-state index contributed by atoms with van der Waals surface area (Å²) in [6.07, 6.45) is 6.89. The summed E-state index contributed by atoms with van der Waals surface area (Å²) >= 11 is 6.71. The van der Waals surface area contributed by atoms with Crippen LogP contribution in [0.15, 0.2) is 24.3 Å². The van der Waals surface area contributed by atoms with E-state index in [9.17, 15) is 9.90 Å². The van der Waals surface area contributed by atoms with Crippen LogP contribution in [0.5, 0.6) is 0 Å². The number of imidazole rings is 1. The molecule has 1 saturated heterocycles. The molecule has 3 fully saturated rings. The zero-order valence-electron chi connectivity index (χ0n) is 24.9. The average molecular weight is 609 g/mol. The molecule has 0 radical (unpaired) electrons. The van der Waals surface area contributed by atoms with E-state index in [1.165, 1.54) is 19.3 Å². The van der Waals surface area contributed by atoms with Gasteiger partial charge >= 0.3 is 6.09 Å². The number of amides is 1. The van der Waals surface area contributed by atoms with Crippen LogP contribution in [0.4, 0.5) is 16.6 Å². The largest absolute Gasteiger partial charge is 0.465 e. The maximum absolute atomic E-state index is 11.4. The molecule has 12 heteroatoms. The van der Waals surface area contributed by atoms with E-state index < -0.39 is 6.09 Å². The van der Waals surface area contributed by atoms with Crippen molar-refractivity contribution in [1.82, 2.24) is 24.8 Å². The summed E-state index contributed by atoms with van der Waals surface area (Å²) in [5, 5.41) is 24.1. The van der Waals surface area contributed by atoms with Crippen LogP contribution in [0, 0.1) is 23.2 Å². The SMILES string of the molecule is CC1CCC(Cn2c(N3CCOCC3c3ccccc3Cl)nc3nc(C(=N)NC(=O)O)nc(N[C@H](C)C4CCC4)c32)CC1. The Kier molecular flexibility index (Phi) is 8.72. The molecule has 4 N–H and O–H groups in total. The fraction of sp³-hybridized carbons (Fsp3) is 0.581. The summed E-state index contributed by atoms with van der Waals surface area (Å²) in [4.78, 5) is 28.2. The standard InChI is InChI=1S/C31H41ClN8O3/c1-18-10-12-20(13-11-18)16-40-25-27(34-19(2)21-6-5-7-21)36-29(26(33)35-31(41)42)37-28(25)38-30(40)39-14-15-43-17-24(39)22-8-3-4-9-23(22)32/h3-4,8-9,18-21,24H,5-7,10-17H2,1-2H3,(H2,33,35)(H,41,42)(H,34,36,37)/t18?,19-,20?,24?/m1/s1. The maximum Gasteiger partial charge on any atom is 0.410 e. The molecule has 1 aromatic carbocycles. The first-order chi connectivity index (χ1) is 20.8. The van der Waals surface area contributed by atoms with Gasteiger partial charge in [0.05, 0.1) is 19.3 Å². The van der Waals surface area contributed by atoms with Crippen molar-refractivity contribution in [3.8, 4) is 0 Å². The third-order valence-electron chi connectivity index (χ3n) is 9.49. The second-order valence-corrected chi connectivity index (χ2v) is 12.9. The smallest absolute Gasteiger partial charge is 0.410 e. The number of morpholine rings is 1. The summed E-state index contributed by atoms with van der Waals surface area (Å²) in [7, 11) is 0. The van der Waals surface area contributed by atoms with E-state index in [2.05, 4.69) is 38.9 Å². The van der Waals surface area contributed by atoms with Gasteiger partial charge in [-0.25, -0.2) is 14.8 Å². The Bertz CT molecular complexity index is 1480. The number of ether oxygens (including phenoxy) is 1. The lowest BCUT2D eigenvalue weighted by atomic mass is 9.80. The molecule has 3 aromatic rings. The number of benzene rings is 1. The monoisotopic (exact) mass is 608 g/mol. The zero-order chi connectivity index (χ0) is 30.1. The number of hydrogen-bond acceptors (Lipinski definition) is 8. The molecule has 230 valence electrons. The van der Waals surface area contributed by atoms with Crippen molar-refractivity contribution in [1.29, 1.82) is 5.41 Å². The summed E-state index contributed by atoms with van der Waals surface area (Å²) < 4.78 is 8.22. The minimum atomic E-state index is -1.33. The van der Waals surface area contributed by atoms with Crippen LogP contribution in [-0.4, -0.2) is 62.4 Å². The van der Waals surface area contributed by atoms with E-state index in [0.29, 0.717) is 48.1 Å². The number of halogens is 1. The fourth-order valence-electron chi connectivity index (χ4n) is 6.68. The van der Waals surface area contributed by atoms with Crippen LogP contribution in [0.3, 0.4) is 0 Å². The molecule has 2 saturated carbocycles. The number of amidine groups is 1. The summed E-state index contributed by atoms with van der Waals surface area (Å²) in [6, 6.07) is 7.87. The number of hydrogen-bond donors (Lipinski definition) is 4. The van der Waals surface area contributed by atoms with Crippen molar-refractivity contribution < 1.29 is 14.6 Å². The van der Waals surface area contributed by atoms with Crippen LogP contribution in [0.25, 0.3) is 11.2 Å². The van der Waals surface area contributed by atoms with Crippen LogP contribution < -0.4 is 15.5 Å². The van der Waals surface area contributed by atoms with Gasteiger partial charge in [0.2, 0.25) is 5.95 Å². The van der Waals surface area contributed by atoms with Gasteiger partial charge in [0.1, 0.15) is 5.52 Å². The predicted octanol–water partition coefficient (Wildman–Crippen LogP) is 6.08. The van der Waals surface area contributed by atoms with Crippen LogP contribution in [-0.2, 0) is 11.3 Å². The van der Waals surface area contributed by atoms with E-state index >= 15 is 0 Å². The van der Waals surface area contributed by atoms with Crippen LogP contribution >= 0.6 is 11.6 Å². The number of nitrogens with zero attached hydrogens (tertiary/aromatic N) is 5. The number of anilines is 2. The number of carboxylic acid groups (broad SMARTS) is 1. The molecule has 3 heterocycles. The summed E-state index contributed by atoms with van der Waals surface area (Å²) in [5.74, 6) is 2.71. The number of aromatic nitrogens is 4.